The standard InChI is InChI=1S/C16H15ClN2O3/c1-11-5-7-14(15(9-11)19(21)22)18-16(20)8-6-12-3-2-4-13(17)10-12/h2-5,7,9-10H,6,8H2,1H3,(H,18,20). The van der Waals surface area contributed by atoms with Gasteiger partial charge in [0.05, 0.1) is 4.92 Å². The Morgan fingerprint density at radius 1 is 1.27 bits per heavy atom. The Hall–Kier alpha value is -2.40. The number of nitrogens with zero attached hydrogens (tertiary/aromatic N) is 1. The molecule has 2 aromatic carbocycles. The molecule has 2 rings (SSSR count). The van der Waals surface area contributed by atoms with Crippen LogP contribution in [0.2, 0.25) is 5.02 Å². The molecule has 0 bridgehead atoms. The van der Waals surface area contributed by atoms with E-state index in [2.05, 4.69) is 5.32 Å². The molecule has 2 aromatic rings. The van der Waals surface area contributed by atoms with Gasteiger partial charge in [-0.1, -0.05) is 29.8 Å². The highest BCUT2D eigenvalue weighted by molar-refractivity contribution is 6.30. The van der Waals surface area contributed by atoms with E-state index in [9.17, 15) is 14.9 Å². The van der Waals surface area contributed by atoms with Crippen molar-refractivity contribution in [1.82, 2.24) is 0 Å². The Bertz CT molecular complexity index is 716. The lowest BCUT2D eigenvalue weighted by Gasteiger charge is -2.07. The van der Waals surface area contributed by atoms with Crippen LogP contribution in [0.4, 0.5) is 11.4 Å². The van der Waals surface area contributed by atoms with Crippen molar-refractivity contribution >= 4 is 28.9 Å². The summed E-state index contributed by atoms with van der Waals surface area (Å²) in [6.07, 6.45) is 0.747. The largest absolute Gasteiger partial charge is 0.320 e. The first-order chi connectivity index (χ1) is 10.5. The van der Waals surface area contributed by atoms with Gasteiger partial charge < -0.3 is 5.32 Å². The number of nitro benzene ring substituents is 1. The predicted molar refractivity (Wildman–Crippen MR) is 86.2 cm³/mol. The van der Waals surface area contributed by atoms with Crippen LogP contribution in [0.5, 0.6) is 0 Å². The van der Waals surface area contributed by atoms with Gasteiger partial charge in [0.25, 0.3) is 5.69 Å². The monoisotopic (exact) mass is 318 g/mol. The molecule has 0 atom stereocenters. The van der Waals surface area contributed by atoms with Crippen LogP contribution >= 0.6 is 11.6 Å². The van der Waals surface area contributed by atoms with E-state index in [0.29, 0.717) is 11.4 Å². The minimum absolute atomic E-state index is 0.101. The third-order valence-corrected chi connectivity index (χ3v) is 3.39. The van der Waals surface area contributed by atoms with Crippen molar-refractivity contribution in [2.24, 2.45) is 0 Å². The summed E-state index contributed by atoms with van der Waals surface area (Å²) in [4.78, 5) is 22.5. The molecule has 0 aliphatic heterocycles. The number of nitro groups is 1. The molecule has 0 unspecified atom stereocenters. The normalized spacial score (nSPS) is 10.3. The minimum Gasteiger partial charge on any atom is -0.320 e. The number of anilines is 1. The first kappa shape index (κ1) is 16.0. The Morgan fingerprint density at radius 2 is 2.05 bits per heavy atom. The molecule has 0 radical (unpaired) electrons. The summed E-state index contributed by atoms with van der Waals surface area (Å²) in [7, 11) is 0. The van der Waals surface area contributed by atoms with Crippen molar-refractivity contribution in [2.75, 3.05) is 5.32 Å². The molecule has 6 heteroatoms. The molecule has 1 amide bonds. The summed E-state index contributed by atoms with van der Waals surface area (Å²) in [6, 6.07) is 12.0. The fourth-order valence-electron chi connectivity index (χ4n) is 2.06. The van der Waals surface area contributed by atoms with E-state index in [-0.39, 0.29) is 23.7 Å². The lowest BCUT2D eigenvalue weighted by atomic mass is 10.1. The second-order valence-corrected chi connectivity index (χ2v) is 5.39. The molecule has 0 saturated heterocycles. The number of amides is 1. The van der Waals surface area contributed by atoms with E-state index in [4.69, 9.17) is 11.6 Å². The van der Waals surface area contributed by atoms with E-state index in [0.717, 1.165) is 11.1 Å². The number of halogens is 1. The molecule has 5 nitrogen and oxygen atoms in total. The number of hydrogen-bond donors (Lipinski definition) is 1. The van der Waals surface area contributed by atoms with Crippen LogP contribution in [0.1, 0.15) is 17.5 Å². The van der Waals surface area contributed by atoms with E-state index in [1.807, 2.05) is 12.1 Å². The summed E-state index contributed by atoms with van der Waals surface area (Å²) in [5.41, 5.74) is 1.83. The SMILES string of the molecule is Cc1ccc(NC(=O)CCc2cccc(Cl)c2)c([N+](=O)[O-])c1. The minimum atomic E-state index is -0.500. The molecule has 0 aromatic heterocycles. The third-order valence-electron chi connectivity index (χ3n) is 3.15. The van der Waals surface area contributed by atoms with Gasteiger partial charge >= 0.3 is 0 Å². The molecule has 0 heterocycles. The summed E-state index contributed by atoms with van der Waals surface area (Å²) >= 11 is 5.88. The topological polar surface area (TPSA) is 72.2 Å². The fraction of sp³-hybridized carbons (Fsp3) is 0.188. The van der Waals surface area contributed by atoms with Crippen molar-refractivity contribution in [2.45, 2.75) is 19.8 Å². The van der Waals surface area contributed by atoms with Crippen LogP contribution in [-0.2, 0) is 11.2 Å². The van der Waals surface area contributed by atoms with Gasteiger partial charge in [0.2, 0.25) is 5.91 Å². The molecular weight excluding hydrogens is 304 g/mol. The van der Waals surface area contributed by atoms with Crippen LogP contribution in [0.3, 0.4) is 0 Å². The maximum Gasteiger partial charge on any atom is 0.293 e. The number of carbonyl (C=O) groups is 1. The summed E-state index contributed by atoms with van der Waals surface area (Å²) in [5, 5.41) is 14.2. The highest BCUT2D eigenvalue weighted by Crippen LogP contribution is 2.25. The van der Waals surface area contributed by atoms with Crippen LogP contribution < -0.4 is 5.32 Å². The van der Waals surface area contributed by atoms with Gasteiger partial charge in [-0.25, -0.2) is 0 Å². The molecule has 1 N–H and O–H groups in total. The number of carbonyl (C=O) groups excluding carboxylic acids is 1. The number of rotatable bonds is 5. The van der Waals surface area contributed by atoms with Crippen molar-refractivity contribution in [3.8, 4) is 0 Å². The van der Waals surface area contributed by atoms with Crippen LogP contribution in [-0.4, -0.2) is 10.8 Å². The summed E-state index contributed by atoms with van der Waals surface area (Å²) in [6.45, 7) is 1.76. The lowest BCUT2D eigenvalue weighted by molar-refractivity contribution is -0.384. The van der Waals surface area contributed by atoms with Gasteiger partial charge in [-0.3, -0.25) is 14.9 Å². The Kier molecular flexibility index (Phi) is 5.12. The predicted octanol–water partition coefficient (Wildman–Crippen LogP) is 4.13. The zero-order valence-electron chi connectivity index (χ0n) is 12.0. The maximum absolute atomic E-state index is 12.0. The molecular formula is C16H15ClN2O3. The zero-order chi connectivity index (χ0) is 16.1. The van der Waals surface area contributed by atoms with Gasteiger partial charge in [0, 0.05) is 17.5 Å². The van der Waals surface area contributed by atoms with Crippen molar-refractivity contribution in [1.29, 1.82) is 0 Å². The van der Waals surface area contributed by atoms with Gasteiger partial charge in [-0.15, -0.1) is 0 Å². The van der Waals surface area contributed by atoms with E-state index >= 15 is 0 Å². The average Bonchev–Trinajstić information content (AvgIpc) is 2.47. The number of aryl methyl sites for hydroxylation is 2. The summed E-state index contributed by atoms with van der Waals surface area (Å²) in [5.74, 6) is -0.271. The maximum atomic E-state index is 12.0. The van der Waals surface area contributed by atoms with Gasteiger partial charge in [-0.2, -0.15) is 0 Å². The average molecular weight is 319 g/mol. The van der Waals surface area contributed by atoms with Gasteiger partial charge in [-0.05, 0) is 42.7 Å². The molecule has 0 saturated carbocycles. The van der Waals surface area contributed by atoms with Crippen LogP contribution in [0, 0.1) is 17.0 Å². The second-order valence-electron chi connectivity index (χ2n) is 4.96. The molecule has 0 spiro atoms. The summed E-state index contributed by atoms with van der Waals surface area (Å²) < 4.78 is 0. The van der Waals surface area contributed by atoms with Crippen LogP contribution in [0.15, 0.2) is 42.5 Å². The van der Waals surface area contributed by atoms with E-state index < -0.39 is 4.92 Å². The molecule has 0 aliphatic carbocycles. The van der Waals surface area contributed by atoms with Crippen molar-refractivity contribution in [3.63, 3.8) is 0 Å². The van der Waals surface area contributed by atoms with Crippen molar-refractivity contribution < 1.29 is 9.72 Å². The smallest absolute Gasteiger partial charge is 0.293 e. The van der Waals surface area contributed by atoms with E-state index in [1.165, 1.54) is 6.07 Å². The zero-order valence-corrected chi connectivity index (χ0v) is 12.8. The van der Waals surface area contributed by atoms with Crippen molar-refractivity contribution in [3.05, 3.63) is 68.7 Å². The second kappa shape index (κ2) is 7.04. The molecule has 114 valence electrons. The highest BCUT2D eigenvalue weighted by Gasteiger charge is 2.15. The van der Waals surface area contributed by atoms with E-state index in [1.54, 1.807) is 31.2 Å². The Morgan fingerprint density at radius 3 is 2.73 bits per heavy atom. The number of hydrogen-bond acceptors (Lipinski definition) is 3. The van der Waals surface area contributed by atoms with Gasteiger partial charge in [0.1, 0.15) is 5.69 Å². The van der Waals surface area contributed by atoms with Crippen LogP contribution in [0.25, 0.3) is 0 Å². The first-order valence-electron chi connectivity index (χ1n) is 6.75. The third kappa shape index (κ3) is 4.30. The first-order valence-corrected chi connectivity index (χ1v) is 7.13. The quantitative estimate of drug-likeness (QED) is 0.665. The molecule has 22 heavy (non-hydrogen) atoms. The Labute approximate surface area is 133 Å². The number of benzene rings is 2. The molecule has 0 fully saturated rings. The molecule has 0 aliphatic rings. The highest BCUT2D eigenvalue weighted by atomic mass is 35.5. The Balaban J connectivity index is 2.02. The number of nitrogens with one attached hydrogen (secondary N) is 1. The van der Waals surface area contributed by atoms with Gasteiger partial charge in [0.15, 0.2) is 0 Å². The lowest BCUT2D eigenvalue weighted by Crippen LogP contribution is -2.13. The fourth-order valence-corrected chi connectivity index (χ4v) is 2.27.